The fraction of sp³-hybridized carbons (Fsp3) is 1.00. The van der Waals surface area contributed by atoms with Crippen LogP contribution in [0.5, 0.6) is 0 Å². The summed E-state index contributed by atoms with van der Waals surface area (Å²) in [7, 11) is 0. The van der Waals surface area contributed by atoms with Crippen molar-refractivity contribution in [1.29, 1.82) is 0 Å². The van der Waals surface area contributed by atoms with Crippen LogP contribution < -0.4 is 10.6 Å². The van der Waals surface area contributed by atoms with Gasteiger partial charge in [0.25, 0.3) is 0 Å². The summed E-state index contributed by atoms with van der Waals surface area (Å²) in [6.07, 6.45) is 8.26. The Labute approximate surface area is 94.2 Å². The van der Waals surface area contributed by atoms with Gasteiger partial charge in [-0.05, 0) is 45.1 Å². The maximum atomic E-state index is 3.76. The Kier molecular flexibility index (Phi) is 4.04. The Morgan fingerprint density at radius 1 is 1.40 bits per heavy atom. The van der Waals surface area contributed by atoms with E-state index in [2.05, 4.69) is 24.5 Å². The van der Waals surface area contributed by atoms with Crippen molar-refractivity contribution in [2.24, 2.45) is 5.92 Å². The van der Waals surface area contributed by atoms with Crippen molar-refractivity contribution < 1.29 is 0 Å². The molecule has 0 aromatic rings. The van der Waals surface area contributed by atoms with Gasteiger partial charge in [0, 0.05) is 18.1 Å². The summed E-state index contributed by atoms with van der Waals surface area (Å²) in [5.74, 6) is 0.978. The van der Waals surface area contributed by atoms with Crippen LogP contribution in [0.1, 0.15) is 52.4 Å². The molecule has 1 aliphatic heterocycles. The van der Waals surface area contributed by atoms with Crippen LogP contribution in [-0.2, 0) is 0 Å². The van der Waals surface area contributed by atoms with E-state index < -0.39 is 0 Å². The molecular formula is C13H26N2. The van der Waals surface area contributed by atoms with Gasteiger partial charge in [-0.3, -0.25) is 0 Å². The summed E-state index contributed by atoms with van der Waals surface area (Å²) in [5, 5.41) is 7.39. The van der Waals surface area contributed by atoms with Crippen LogP contribution in [0.4, 0.5) is 0 Å². The zero-order valence-electron chi connectivity index (χ0n) is 10.3. The molecule has 2 heteroatoms. The lowest BCUT2D eigenvalue weighted by molar-refractivity contribution is 0.342. The third kappa shape index (κ3) is 3.46. The Morgan fingerprint density at radius 2 is 2.27 bits per heavy atom. The lowest BCUT2D eigenvalue weighted by Gasteiger charge is -2.26. The zero-order valence-corrected chi connectivity index (χ0v) is 10.3. The summed E-state index contributed by atoms with van der Waals surface area (Å²) in [5.41, 5.74) is 0. The van der Waals surface area contributed by atoms with Crippen LogP contribution >= 0.6 is 0 Å². The normalized spacial score (nSPS) is 37.6. The van der Waals surface area contributed by atoms with Crippen molar-refractivity contribution >= 4 is 0 Å². The van der Waals surface area contributed by atoms with Crippen LogP contribution in [0.3, 0.4) is 0 Å². The average molecular weight is 210 g/mol. The van der Waals surface area contributed by atoms with E-state index in [0.29, 0.717) is 6.04 Å². The van der Waals surface area contributed by atoms with Crippen LogP contribution in [0, 0.1) is 5.92 Å². The maximum Gasteiger partial charge on any atom is 0.0101 e. The summed E-state index contributed by atoms with van der Waals surface area (Å²) < 4.78 is 0. The second kappa shape index (κ2) is 5.31. The predicted octanol–water partition coefficient (Wildman–Crippen LogP) is 2.30. The molecule has 2 aliphatic rings. The van der Waals surface area contributed by atoms with Gasteiger partial charge in [-0.15, -0.1) is 0 Å². The van der Waals surface area contributed by atoms with E-state index in [0.717, 1.165) is 18.0 Å². The molecule has 0 amide bonds. The van der Waals surface area contributed by atoms with Gasteiger partial charge in [0.1, 0.15) is 0 Å². The first kappa shape index (κ1) is 11.4. The van der Waals surface area contributed by atoms with Gasteiger partial charge in [-0.2, -0.15) is 0 Å². The quantitative estimate of drug-likeness (QED) is 0.727. The van der Waals surface area contributed by atoms with Crippen molar-refractivity contribution in [3.05, 3.63) is 0 Å². The van der Waals surface area contributed by atoms with E-state index in [1.807, 2.05) is 0 Å². The van der Waals surface area contributed by atoms with Gasteiger partial charge >= 0.3 is 0 Å². The highest BCUT2D eigenvalue weighted by Crippen LogP contribution is 2.33. The summed E-state index contributed by atoms with van der Waals surface area (Å²) in [6.45, 7) is 5.89. The molecule has 88 valence electrons. The highest BCUT2D eigenvalue weighted by Gasteiger charge is 2.35. The first-order valence-corrected chi connectivity index (χ1v) is 6.79. The molecule has 0 bridgehead atoms. The van der Waals surface area contributed by atoms with Crippen molar-refractivity contribution in [3.8, 4) is 0 Å². The van der Waals surface area contributed by atoms with Gasteiger partial charge in [0.2, 0.25) is 0 Å². The van der Waals surface area contributed by atoms with Crippen molar-refractivity contribution in [2.75, 3.05) is 6.54 Å². The minimum absolute atomic E-state index is 0.696. The van der Waals surface area contributed by atoms with Gasteiger partial charge in [-0.25, -0.2) is 0 Å². The molecule has 1 saturated heterocycles. The molecule has 0 radical (unpaired) electrons. The molecule has 4 unspecified atom stereocenters. The molecule has 4 atom stereocenters. The zero-order chi connectivity index (χ0) is 10.7. The van der Waals surface area contributed by atoms with E-state index in [9.17, 15) is 0 Å². The molecule has 2 N–H and O–H groups in total. The van der Waals surface area contributed by atoms with Crippen LogP contribution in [-0.4, -0.2) is 24.7 Å². The topological polar surface area (TPSA) is 24.1 Å². The van der Waals surface area contributed by atoms with Crippen LogP contribution in [0.15, 0.2) is 0 Å². The van der Waals surface area contributed by atoms with Gasteiger partial charge in [-0.1, -0.05) is 19.8 Å². The van der Waals surface area contributed by atoms with E-state index in [-0.39, 0.29) is 0 Å². The third-order valence-electron chi connectivity index (χ3n) is 4.00. The number of hydrogen-bond donors (Lipinski definition) is 2. The van der Waals surface area contributed by atoms with Crippen LogP contribution in [0.25, 0.3) is 0 Å². The van der Waals surface area contributed by atoms with E-state index in [1.54, 1.807) is 0 Å². The van der Waals surface area contributed by atoms with E-state index in [1.165, 1.54) is 45.1 Å². The highest BCUT2D eigenvalue weighted by molar-refractivity contribution is 4.94. The SMILES string of the molecule is CCC1CC1NC(C)CC1CCCCN1. The Hall–Kier alpha value is -0.0800. The number of piperidine rings is 1. The molecule has 15 heavy (non-hydrogen) atoms. The second-order valence-electron chi connectivity index (χ2n) is 5.46. The van der Waals surface area contributed by atoms with Crippen molar-refractivity contribution in [2.45, 2.75) is 70.5 Å². The minimum Gasteiger partial charge on any atom is -0.314 e. The summed E-state index contributed by atoms with van der Waals surface area (Å²) in [4.78, 5) is 0. The molecule has 2 rings (SSSR count). The molecule has 0 aromatic heterocycles. The van der Waals surface area contributed by atoms with E-state index in [4.69, 9.17) is 0 Å². The van der Waals surface area contributed by atoms with Crippen molar-refractivity contribution in [1.82, 2.24) is 10.6 Å². The molecule has 2 nitrogen and oxygen atoms in total. The first-order valence-electron chi connectivity index (χ1n) is 6.79. The lowest BCUT2D eigenvalue weighted by atomic mass is 9.99. The summed E-state index contributed by atoms with van der Waals surface area (Å²) >= 11 is 0. The molecule has 1 heterocycles. The van der Waals surface area contributed by atoms with Crippen molar-refractivity contribution in [3.63, 3.8) is 0 Å². The lowest BCUT2D eigenvalue weighted by Crippen LogP contribution is -2.40. The first-order chi connectivity index (χ1) is 7.29. The molecule has 1 saturated carbocycles. The average Bonchev–Trinajstić information content (AvgIpc) is 2.97. The van der Waals surface area contributed by atoms with E-state index >= 15 is 0 Å². The molecule has 2 fully saturated rings. The van der Waals surface area contributed by atoms with Crippen LogP contribution in [0.2, 0.25) is 0 Å². The molecule has 0 aromatic carbocycles. The molecular weight excluding hydrogens is 184 g/mol. The molecule has 1 aliphatic carbocycles. The second-order valence-corrected chi connectivity index (χ2v) is 5.46. The Balaban J connectivity index is 1.61. The number of rotatable bonds is 5. The fourth-order valence-corrected chi connectivity index (χ4v) is 2.89. The largest absolute Gasteiger partial charge is 0.314 e. The van der Waals surface area contributed by atoms with Gasteiger partial charge in [0.05, 0.1) is 0 Å². The van der Waals surface area contributed by atoms with Gasteiger partial charge < -0.3 is 10.6 Å². The smallest absolute Gasteiger partial charge is 0.0101 e. The molecule has 0 spiro atoms. The Morgan fingerprint density at radius 3 is 2.87 bits per heavy atom. The van der Waals surface area contributed by atoms with Gasteiger partial charge in [0.15, 0.2) is 0 Å². The minimum atomic E-state index is 0.696. The number of nitrogens with one attached hydrogen (secondary N) is 2. The third-order valence-corrected chi connectivity index (χ3v) is 4.00. The number of hydrogen-bond acceptors (Lipinski definition) is 2. The predicted molar refractivity (Wildman–Crippen MR) is 65.0 cm³/mol. The highest BCUT2D eigenvalue weighted by atomic mass is 15.0. The fourth-order valence-electron chi connectivity index (χ4n) is 2.89. The summed E-state index contributed by atoms with van der Waals surface area (Å²) in [6, 6.07) is 2.32. The Bertz CT molecular complexity index is 187. The standard InChI is InChI=1S/C13H26N2/c1-3-11-9-13(11)15-10(2)8-12-6-4-5-7-14-12/h10-15H,3-9H2,1-2H3. The monoisotopic (exact) mass is 210 g/mol. The maximum absolute atomic E-state index is 3.76.